The maximum Gasteiger partial charge on any atom is 0.250 e. The molecule has 0 bridgehead atoms. The van der Waals surface area contributed by atoms with Gasteiger partial charge in [-0.05, 0) is 61.3 Å². The predicted molar refractivity (Wildman–Crippen MR) is 110 cm³/mol. The van der Waals surface area contributed by atoms with E-state index in [1.165, 1.54) is 0 Å². The number of nitrogens with one attached hydrogen (secondary N) is 1. The van der Waals surface area contributed by atoms with E-state index in [0.29, 0.717) is 17.4 Å². The number of rotatable bonds is 5. The van der Waals surface area contributed by atoms with E-state index in [9.17, 15) is 4.79 Å². The monoisotopic (exact) mass is 449 g/mol. The molecule has 0 saturated heterocycles. The molecule has 0 aliphatic rings. The van der Waals surface area contributed by atoms with Gasteiger partial charge in [-0.25, -0.2) is 0 Å². The van der Waals surface area contributed by atoms with Crippen LogP contribution in [0.3, 0.4) is 0 Å². The summed E-state index contributed by atoms with van der Waals surface area (Å²) >= 11 is 9.42. The maximum absolute atomic E-state index is 12.7. The molecule has 0 aliphatic carbocycles. The number of nitrogens with zero attached hydrogens (tertiary/aromatic N) is 4. The van der Waals surface area contributed by atoms with Crippen LogP contribution in [0.2, 0.25) is 5.02 Å². The van der Waals surface area contributed by atoms with Crippen LogP contribution in [0.15, 0.2) is 34.8 Å². The minimum atomic E-state index is -0.447. The van der Waals surface area contributed by atoms with Gasteiger partial charge in [0.1, 0.15) is 6.04 Å². The van der Waals surface area contributed by atoms with Gasteiger partial charge < -0.3 is 5.32 Å². The van der Waals surface area contributed by atoms with Crippen LogP contribution in [0.5, 0.6) is 0 Å². The second-order valence-electron chi connectivity index (χ2n) is 6.55. The number of aromatic nitrogens is 4. The van der Waals surface area contributed by atoms with Gasteiger partial charge in [0.15, 0.2) is 5.82 Å². The van der Waals surface area contributed by atoms with Gasteiger partial charge in [-0.15, -0.1) is 0 Å². The predicted octanol–water partition coefficient (Wildman–Crippen LogP) is 4.67. The summed E-state index contributed by atoms with van der Waals surface area (Å²) in [6.45, 7) is 8.22. The Morgan fingerprint density at radius 2 is 1.89 bits per heavy atom. The van der Waals surface area contributed by atoms with Crippen molar-refractivity contribution in [2.45, 2.75) is 40.3 Å². The first kappa shape index (κ1) is 19.6. The molecule has 0 radical (unpaired) electrons. The molecule has 0 spiro atoms. The molecular formula is C19H21BrClN5O. The molecule has 1 aromatic carbocycles. The van der Waals surface area contributed by atoms with Crippen LogP contribution in [0.25, 0.3) is 0 Å². The molecule has 3 rings (SSSR count). The highest BCUT2D eigenvalue weighted by atomic mass is 79.9. The zero-order valence-electron chi connectivity index (χ0n) is 15.6. The Kier molecular flexibility index (Phi) is 5.72. The van der Waals surface area contributed by atoms with Crippen LogP contribution in [-0.2, 0) is 11.3 Å². The van der Waals surface area contributed by atoms with Crippen molar-refractivity contribution in [2.24, 2.45) is 0 Å². The van der Waals surface area contributed by atoms with Gasteiger partial charge in [0, 0.05) is 16.8 Å². The molecule has 3 aromatic rings. The molecule has 1 amide bonds. The van der Waals surface area contributed by atoms with Crippen LogP contribution in [-0.4, -0.2) is 25.5 Å². The second-order valence-corrected chi connectivity index (χ2v) is 7.78. The summed E-state index contributed by atoms with van der Waals surface area (Å²) < 4.78 is 4.49. The molecule has 0 saturated carbocycles. The van der Waals surface area contributed by atoms with E-state index in [1.807, 2.05) is 62.7 Å². The Balaban J connectivity index is 1.73. The largest absolute Gasteiger partial charge is 0.307 e. The summed E-state index contributed by atoms with van der Waals surface area (Å²) in [5, 5.41) is 12.5. The fraction of sp³-hybridized carbons (Fsp3) is 0.316. The van der Waals surface area contributed by atoms with E-state index in [2.05, 4.69) is 31.4 Å². The Labute approximate surface area is 171 Å². The Bertz CT molecular complexity index is 977. The molecular weight excluding hydrogens is 430 g/mol. The molecule has 0 fully saturated rings. The van der Waals surface area contributed by atoms with Gasteiger partial charge in [-0.2, -0.15) is 10.2 Å². The van der Waals surface area contributed by atoms with Crippen molar-refractivity contribution < 1.29 is 4.79 Å². The Morgan fingerprint density at radius 3 is 2.48 bits per heavy atom. The highest BCUT2D eigenvalue weighted by Crippen LogP contribution is 2.23. The van der Waals surface area contributed by atoms with Gasteiger partial charge in [-0.3, -0.25) is 14.2 Å². The molecule has 2 aromatic heterocycles. The van der Waals surface area contributed by atoms with Crippen LogP contribution < -0.4 is 5.32 Å². The first-order valence-electron chi connectivity index (χ1n) is 8.57. The lowest BCUT2D eigenvalue weighted by molar-refractivity contribution is -0.119. The Hall–Kier alpha value is -2.12. The topological polar surface area (TPSA) is 64.7 Å². The average Bonchev–Trinajstić information content (AvgIpc) is 3.10. The number of halogens is 2. The maximum atomic E-state index is 12.7. The molecule has 142 valence electrons. The molecule has 27 heavy (non-hydrogen) atoms. The van der Waals surface area contributed by atoms with Crippen molar-refractivity contribution in [3.63, 3.8) is 0 Å². The minimum absolute atomic E-state index is 0.163. The molecule has 0 aliphatic heterocycles. The normalized spacial score (nSPS) is 12.2. The van der Waals surface area contributed by atoms with Crippen molar-refractivity contribution in [3.8, 4) is 0 Å². The van der Waals surface area contributed by atoms with E-state index in [1.54, 1.807) is 4.68 Å². The molecule has 2 heterocycles. The number of amides is 1. The van der Waals surface area contributed by atoms with Crippen molar-refractivity contribution in [3.05, 3.63) is 62.5 Å². The molecule has 1 unspecified atom stereocenters. The highest BCUT2D eigenvalue weighted by Gasteiger charge is 2.21. The summed E-state index contributed by atoms with van der Waals surface area (Å²) in [4.78, 5) is 12.7. The quantitative estimate of drug-likeness (QED) is 0.614. The summed E-state index contributed by atoms with van der Waals surface area (Å²) in [6, 6.07) is 9.04. The molecule has 6 nitrogen and oxygen atoms in total. The van der Waals surface area contributed by atoms with Crippen LogP contribution in [0.1, 0.15) is 35.6 Å². The van der Waals surface area contributed by atoms with Gasteiger partial charge in [0.2, 0.25) is 5.91 Å². The number of benzene rings is 1. The smallest absolute Gasteiger partial charge is 0.250 e. The van der Waals surface area contributed by atoms with E-state index in [-0.39, 0.29) is 5.91 Å². The average molecular weight is 451 g/mol. The fourth-order valence-electron chi connectivity index (χ4n) is 2.86. The van der Waals surface area contributed by atoms with Crippen molar-refractivity contribution in [1.29, 1.82) is 0 Å². The number of hydrogen-bond donors (Lipinski definition) is 1. The zero-order valence-corrected chi connectivity index (χ0v) is 18.0. The van der Waals surface area contributed by atoms with E-state index in [4.69, 9.17) is 11.6 Å². The fourth-order valence-corrected chi connectivity index (χ4v) is 3.24. The summed E-state index contributed by atoms with van der Waals surface area (Å²) in [5.74, 6) is 0.364. The molecule has 8 heteroatoms. The Morgan fingerprint density at radius 1 is 1.22 bits per heavy atom. The lowest BCUT2D eigenvalue weighted by Gasteiger charge is -2.13. The van der Waals surface area contributed by atoms with Gasteiger partial charge >= 0.3 is 0 Å². The number of aryl methyl sites for hydroxylation is 2. The third-order valence-corrected chi connectivity index (χ3v) is 5.86. The summed E-state index contributed by atoms with van der Waals surface area (Å²) in [5.41, 5.74) is 3.82. The van der Waals surface area contributed by atoms with E-state index in [0.717, 1.165) is 27.1 Å². The van der Waals surface area contributed by atoms with E-state index >= 15 is 0 Å². The second kappa shape index (κ2) is 7.86. The van der Waals surface area contributed by atoms with Crippen LogP contribution in [0.4, 0.5) is 5.82 Å². The van der Waals surface area contributed by atoms with Gasteiger partial charge in [0.25, 0.3) is 0 Å². The highest BCUT2D eigenvalue weighted by molar-refractivity contribution is 9.10. The van der Waals surface area contributed by atoms with Crippen molar-refractivity contribution in [1.82, 2.24) is 19.6 Å². The number of hydrogen-bond acceptors (Lipinski definition) is 3. The third-order valence-electron chi connectivity index (χ3n) is 4.46. The third kappa shape index (κ3) is 4.25. The lowest BCUT2D eigenvalue weighted by atomic mass is 10.2. The number of carbonyl (C=O) groups excluding carboxylic acids is 1. The lowest BCUT2D eigenvalue weighted by Crippen LogP contribution is -2.25. The SMILES string of the molecule is Cc1nn(C(C)C(=O)Nc2cc(C)n(Cc3ccc(Cl)cc3)n2)c(C)c1Br. The minimum Gasteiger partial charge on any atom is -0.307 e. The molecule has 1 atom stereocenters. The first-order valence-corrected chi connectivity index (χ1v) is 9.74. The number of carbonyl (C=O) groups is 1. The van der Waals surface area contributed by atoms with E-state index < -0.39 is 6.04 Å². The van der Waals surface area contributed by atoms with Gasteiger partial charge in [-0.1, -0.05) is 23.7 Å². The van der Waals surface area contributed by atoms with Crippen molar-refractivity contribution in [2.75, 3.05) is 5.32 Å². The van der Waals surface area contributed by atoms with Crippen molar-refractivity contribution >= 4 is 39.3 Å². The standard InChI is InChI=1S/C19H21BrClN5O/c1-11-9-17(24-25(11)10-15-5-7-16(21)8-6-15)22-19(27)14(4)26-13(3)18(20)12(2)23-26/h5-9,14H,10H2,1-4H3,(H,22,24,27). The number of anilines is 1. The van der Waals surface area contributed by atoms with Crippen LogP contribution in [0, 0.1) is 20.8 Å². The first-order chi connectivity index (χ1) is 12.8. The van der Waals surface area contributed by atoms with Gasteiger partial charge in [0.05, 0.1) is 22.4 Å². The summed E-state index contributed by atoms with van der Waals surface area (Å²) in [7, 11) is 0. The zero-order chi connectivity index (χ0) is 19.7. The summed E-state index contributed by atoms with van der Waals surface area (Å²) in [6.07, 6.45) is 0. The molecule has 1 N–H and O–H groups in total. The van der Waals surface area contributed by atoms with Crippen LogP contribution >= 0.6 is 27.5 Å².